The van der Waals surface area contributed by atoms with E-state index in [9.17, 15) is 9.90 Å². The van der Waals surface area contributed by atoms with E-state index in [4.69, 9.17) is 9.47 Å². The van der Waals surface area contributed by atoms with Crippen LogP contribution in [0.15, 0.2) is 91.3 Å². The van der Waals surface area contributed by atoms with E-state index in [1.54, 1.807) is 31.2 Å². The first-order valence-electron chi connectivity index (χ1n) is 11.4. The predicted octanol–water partition coefficient (Wildman–Crippen LogP) is 5.01. The smallest absolute Gasteiger partial charge is 0.328 e. The predicted molar refractivity (Wildman–Crippen MR) is 134 cm³/mol. The number of hydrogen-bond acceptors (Lipinski definition) is 7. The lowest BCUT2D eigenvalue weighted by atomic mass is 10.1. The number of aromatic hydroxyl groups is 1. The first-order valence-corrected chi connectivity index (χ1v) is 11.4. The Morgan fingerprint density at radius 1 is 0.943 bits per heavy atom. The van der Waals surface area contributed by atoms with Gasteiger partial charge in [0, 0.05) is 18.1 Å². The van der Waals surface area contributed by atoms with Crippen LogP contribution in [0, 0.1) is 0 Å². The molecule has 178 valence electrons. The van der Waals surface area contributed by atoms with Crippen molar-refractivity contribution < 1.29 is 19.4 Å². The van der Waals surface area contributed by atoms with Crippen LogP contribution in [0.2, 0.25) is 0 Å². The van der Waals surface area contributed by atoms with Crippen molar-refractivity contribution in [3.63, 3.8) is 0 Å². The molecule has 1 aromatic heterocycles. The van der Waals surface area contributed by atoms with Crippen molar-refractivity contribution in [3.05, 3.63) is 102 Å². The highest BCUT2D eigenvalue weighted by Crippen LogP contribution is 2.23. The summed E-state index contributed by atoms with van der Waals surface area (Å²) in [4.78, 5) is 21.2. The number of nitrogens with zero attached hydrogens (tertiary/aromatic N) is 2. The van der Waals surface area contributed by atoms with E-state index in [-0.39, 0.29) is 12.4 Å². The minimum absolute atomic E-state index is 0.144. The molecule has 0 spiro atoms. The summed E-state index contributed by atoms with van der Waals surface area (Å²) in [5.41, 5.74) is 3.50. The van der Waals surface area contributed by atoms with Crippen molar-refractivity contribution in [1.29, 1.82) is 0 Å². The zero-order valence-electron chi connectivity index (χ0n) is 19.4. The molecule has 1 heterocycles. The van der Waals surface area contributed by atoms with Gasteiger partial charge in [0.05, 0.1) is 12.3 Å². The van der Waals surface area contributed by atoms with Gasteiger partial charge in [0.2, 0.25) is 0 Å². The van der Waals surface area contributed by atoms with E-state index in [2.05, 4.69) is 15.3 Å². The molecule has 1 atom stereocenters. The van der Waals surface area contributed by atoms with Crippen LogP contribution in [-0.4, -0.2) is 33.7 Å². The number of hydrogen-bond donors (Lipinski definition) is 2. The topological polar surface area (TPSA) is 93.6 Å². The summed E-state index contributed by atoms with van der Waals surface area (Å²) in [7, 11) is 0. The van der Waals surface area contributed by atoms with Crippen LogP contribution in [0.4, 0.5) is 5.82 Å². The number of carbonyl (C=O) groups excluding carboxylic acids is 1. The molecule has 7 nitrogen and oxygen atoms in total. The van der Waals surface area contributed by atoms with Gasteiger partial charge in [0.15, 0.2) is 0 Å². The van der Waals surface area contributed by atoms with Gasteiger partial charge in [-0.3, -0.25) is 0 Å². The molecule has 0 aliphatic carbocycles. The number of phenols is 1. The van der Waals surface area contributed by atoms with Gasteiger partial charge in [0.1, 0.15) is 36.3 Å². The number of nitrogens with one attached hydrogen (secondary N) is 1. The summed E-state index contributed by atoms with van der Waals surface area (Å²) in [6.07, 6.45) is 1.79. The summed E-state index contributed by atoms with van der Waals surface area (Å²) in [5, 5.41) is 12.9. The summed E-state index contributed by atoms with van der Waals surface area (Å²) in [6.45, 7) is 2.53. The average Bonchev–Trinajstić information content (AvgIpc) is 2.88. The maximum absolute atomic E-state index is 12.6. The van der Waals surface area contributed by atoms with Crippen LogP contribution in [0.3, 0.4) is 0 Å². The fourth-order valence-electron chi connectivity index (χ4n) is 3.59. The van der Waals surface area contributed by atoms with Crippen molar-refractivity contribution in [1.82, 2.24) is 9.97 Å². The average molecular weight is 470 g/mol. The molecule has 0 aliphatic heterocycles. The number of rotatable bonds is 10. The quantitative estimate of drug-likeness (QED) is 0.315. The summed E-state index contributed by atoms with van der Waals surface area (Å²) < 4.78 is 11.1. The number of anilines is 1. The fourth-order valence-corrected chi connectivity index (χ4v) is 3.59. The highest BCUT2D eigenvalue weighted by atomic mass is 16.5. The molecule has 4 aromatic rings. The number of phenolic OH excluding ortho intramolecular Hbond substituents is 1. The number of aromatic nitrogens is 2. The number of benzene rings is 3. The Balaban J connectivity index is 1.46. The van der Waals surface area contributed by atoms with Crippen molar-refractivity contribution in [2.24, 2.45) is 0 Å². The minimum atomic E-state index is -0.673. The molecule has 3 aromatic carbocycles. The molecular formula is C28H27N3O4. The second-order valence-electron chi connectivity index (χ2n) is 7.91. The monoisotopic (exact) mass is 469 g/mol. The van der Waals surface area contributed by atoms with Gasteiger partial charge >= 0.3 is 5.97 Å². The highest BCUT2D eigenvalue weighted by Gasteiger charge is 2.21. The first kappa shape index (κ1) is 23.8. The van der Waals surface area contributed by atoms with E-state index >= 15 is 0 Å². The largest absolute Gasteiger partial charge is 0.508 e. The number of ether oxygens (including phenoxy) is 2. The Morgan fingerprint density at radius 3 is 2.46 bits per heavy atom. The van der Waals surface area contributed by atoms with Crippen molar-refractivity contribution in [2.45, 2.75) is 26.0 Å². The van der Waals surface area contributed by atoms with Gasteiger partial charge in [-0.05, 0) is 54.4 Å². The van der Waals surface area contributed by atoms with E-state index in [0.717, 1.165) is 22.4 Å². The Kier molecular flexibility index (Phi) is 7.91. The van der Waals surface area contributed by atoms with Crippen LogP contribution in [-0.2, 0) is 22.6 Å². The zero-order valence-corrected chi connectivity index (χ0v) is 19.4. The van der Waals surface area contributed by atoms with Gasteiger partial charge in [-0.15, -0.1) is 0 Å². The molecule has 7 heteroatoms. The van der Waals surface area contributed by atoms with Crippen LogP contribution in [0.25, 0.3) is 11.3 Å². The maximum atomic E-state index is 12.6. The third kappa shape index (κ3) is 6.80. The number of carbonyl (C=O) groups is 1. The molecule has 0 radical (unpaired) electrons. The number of esters is 1. The van der Waals surface area contributed by atoms with Crippen LogP contribution in [0.1, 0.15) is 18.1 Å². The molecule has 0 amide bonds. The van der Waals surface area contributed by atoms with Crippen molar-refractivity contribution >= 4 is 11.8 Å². The molecule has 35 heavy (non-hydrogen) atoms. The normalized spacial score (nSPS) is 11.5. The third-order valence-electron chi connectivity index (χ3n) is 5.31. The maximum Gasteiger partial charge on any atom is 0.328 e. The van der Waals surface area contributed by atoms with Gasteiger partial charge in [-0.25, -0.2) is 14.8 Å². The van der Waals surface area contributed by atoms with Crippen molar-refractivity contribution in [3.8, 4) is 22.8 Å². The Bertz CT molecular complexity index is 1250. The lowest BCUT2D eigenvalue weighted by Crippen LogP contribution is -2.34. The SMILES string of the molecule is CCOC(=O)C(Cc1cccc(O)c1)Nc1cc(-c2ccc(OCc3ccccc3)cc2)ncn1. The lowest BCUT2D eigenvalue weighted by molar-refractivity contribution is -0.144. The van der Waals surface area contributed by atoms with Crippen LogP contribution >= 0.6 is 0 Å². The molecule has 1 unspecified atom stereocenters. The molecule has 2 N–H and O–H groups in total. The van der Waals surface area contributed by atoms with Gasteiger partial charge in [0.25, 0.3) is 0 Å². The summed E-state index contributed by atoms with van der Waals surface area (Å²) >= 11 is 0. The molecule has 0 fully saturated rings. The van der Waals surface area contributed by atoms with E-state index in [0.29, 0.717) is 24.5 Å². The highest BCUT2D eigenvalue weighted by molar-refractivity contribution is 5.79. The molecule has 4 rings (SSSR count). The Hall–Kier alpha value is -4.39. The van der Waals surface area contributed by atoms with Crippen LogP contribution < -0.4 is 10.1 Å². The lowest BCUT2D eigenvalue weighted by Gasteiger charge is -2.18. The van der Waals surface area contributed by atoms with Gasteiger partial charge in [-0.1, -0.05) is 42.5 Å². The van der Waals surface area contributed by atoms with Gasteiger partial charge in [-0.2, -0.15) is 0 Å². The van der Waals surface area contributed by atoms with E-state index < -0.39 is 12.0 Å². The van der Waals surface area contributed by atoms with Gasteiger partial charge < -0.3 is 19.9 Å². The second-order valence-corrected chi connectivity index (χ2v) is 7.91. The molecule has 0 saturated heterocycles. The Labute approximate surface area is 204 Å². The van der Waals surface area contributed by atoms with Crippen molar-refractivity contribution in [2.75, 3.05) is 11.9 Å². The third-order valence-corrected chi connectivity index (χ3v) is 5.31. The van der Waals surface area contributed by atoms with E-state index in [1.807, 2.05) is 60.7 Å². The molecule has 0 bridgehead atoms. The Morgan fingerprint density at radius 2 is 1.71 bits per heavy atom. The summed E-state index contributed by atoms with van der Waals surface area (Å²) in [5.74, 6) is 1.01. The second kappa shape index (κ2) is 11.7. The fraction of sp³-hybridized carbons (Fsp3) is 0.179. The summed E-state index contributed by atoms with van der Waals surface area (Å²) in [6, 6.07) is 25.6. The molecule has 0 aliphatic rings. The molecular weight excluding hydrogens is 442 g/mol. The van der Waals surface area contributed by atoms with E-state index in [1.165, 1.54) is 6.33 Å². The molecule has 0 saturated carbocycles. The minimum Gasteiger partial charge on any atom is -0.508 e. The first-order chi connectivity index (χ1) is 17.1. The zero-order chi connectivity index (χ0) is 24.5. The standard InChI is InChI=1S/C28H27N3O4/c1-2-34-28(33)26(16-21-9-6-10-23(32)15-21)31-27-17-25(29-19-30-27)22-11-13-24(14-12-22)35-18-20-7-4-3-5-8-20/h3-15,17,19,26,32H,2,16,18H2,1H3,(H,29,30,31). The van der Waals surface area contributed by atoms with Crippen LogP contribution in [0.5, 0.6) is 11.5 Å².